The molecule has 1 aromatic rings. The molecule has 0 saturated heterocycles. The van der Waals surface area contributed by atoms with E-state index in [1.807, 2.05) is 13.0 Å². The van der Waals surface area contributed by atoms with Gasteiger partial charge in [-0.15, -0.1) is 0 Å². The van der Waals surface area contributed by atoms with Crippen LogP contribution in [0, 0.1) is 0 Å². The molecule has 0 saturated carbocycles. The molecular weight excluding hydrogens is 232 g/mol. The number of aryl methyl sites for hydroxylation is 1. The summed E-state index contributed by atoms with van der Waals surface area (Å²) in [7, 11) is 0. The monoisotopic (exact) mass is 242 g/mol. The molecule has 0 spiro atoms. The molecule has 1 rings (SSSR count). The Hall–Kier alpha value is -0.830. The van der Waals surface area contributed by atoms with Crippen molar-refractivity contribution >= 4 is 21.9 Å². The average molecular weight is 243 g/mol. The second-order valence-corrected chi connectivity index (χ2v) is 3.34. The molecule has 0 aliphatic carbocycles. The van der Waals surface area contributed by atoms with Crippen molar-refractivity contribution < 1.29 is 9.90 Å². The molecule has 1 N–H and O–H groups in total. The summed E-state index contributed by atoms with van der Waals surface area (Å²) in [6, 6.07) is 5.23. The minimum Gasteiger partial charge on any atom is -0.478 e. The largest absolute Gasteiger partial charge is 0.478 e. The highest BCUT2D eigenvalue weighted by Gasteiger charge is 2.05. The minimum atomic E-state index is -0.865. The van der Waals surface area contributed by atoms with Crippen LogP contribution in [-0.4, -0.2) is 11.1 Å². The van der Waals surface area contributed by atoms with Crippen molar-refractivity contribution in [2.75, 3.05) is 0 Å². The van der Waals surface area contributed by atoms with Crippen LogP contribution in [0.5, 0.6) is 0 Å². The van der Waals surface area contributed by atoms with E-state index in [1.165, 1.54) is 0 Å². The smallest absolute Gasteiger partial charge is 0.335 e. The normalized spacial score (nSPS) is 10.0. The van der Waals surface area contributed by atoms with Crippen molar-refractivity contribution in [3.05, 3.63) is 34.9 Å². The Morgan fingerprint density at radius 2 is 2.15 bits per heavy atom. The molecule has 70 valence electrons. The molecule has 0 aliphatic rings. The van der Waals surface area contributed by atoms with Gasteiger partial charge in [0.05, 0.1) is 5.56 Å². The second kappa shape index (κ2) is 4.42. The highest BCUT2D eigenvalue weighted by atomic mass is 79.9. The third kappa shape index (κ3) is 2.31. The van der Waals surface area contributed by atoms with E-state index in [4.69, 9.17) is 5.11 Å². The maximum atomic E-state index is 10.7. The summed E-state index contributed by atoms with van der Waals surface area (Å²) < 4.78 is 0. The summed E-state index contributed by atoms with van der Waals surface area (Å²) in [5, 5.41) is 9.53. The number of carboxylic acid groups (broad SMARTS) is 1. The Labute approximate surface area is 85.7 Å². The molecule has 0 amide bonds. The van der Waals surface area contributed by atoms with Gasteiger partial charge in [0, 0.05) is 5.33 Å². The fraction of sp³-hybridized carbons (Fsp3) is 0.300. The van der Waals surface area contributed by atoms with Crippen LogP contribution in [0.3, 0.4) is 0 Å². The molecule has 13 heavy (non-hydrogen) atoms. The summed E-state index contributed by atoms with van der Waals surface area (Å²) in [6.07, 6.45) is 0.863. The van der Waals surface area contributed by atoms with Crippen molar-refractivity contribution in [3.63, 3.8) is 0 Å². The van der Waals surface area contributed by atoms with Gasteiger partial charge in [-0.25, -0.2) is 4.79 Å². The van der Waals surface area contributed by atoms with Crippen molar-refractivity contribution in [2.45, 2.75) is 18.7 Å². The first-order valence-electron chi connectivity index (χ1n) is 4.10. The number of rotatable bonds is 3. The lowest BCUT2D eigenvalue weighted by Gasteiger charge is -2.05. The first-order valence-corrected chi connectivity index (χ1v) is 5.22. The molecule has 0 fully saturated rings. The summed E-state index contributed by atoms with van der Waals surface area (Å²) in [6.45, 7) is 2.02. The minimum absolute atomic E-state index is 0.363. The lowest BCUT2D eigenvalue weighted by Crippen LogP contribution is -1.99. The fourth-order valence-electron chi connectivity index (χ4n) is 1.22. The van der Waals surface area contributed by atoms with Crippen LogP contribution in [0.15, 0.2) is 18.2 Å². The zero-order valence-corrected chi connectivity index (χ0v) is 8.97. The zero-order valence-electron chi connectivity index (χ0n) is 7.38. The maximum absolute atomic E-state index is 10.7. The standard InChI is InChI=1S/C10H11BrO2/c1-2-7-5-8(10(12)13)3-4-9(7)6-11/h3-5H,2,6H2,1H3,(H,12,13). The average Bonchev–Trinajstić information content (AvgIpc) is 2.16. The van der Waals surface area contributed by atoms with Crippen LogP contribution in [-0.2, 0) is 11.8 Å². The topological polar surface area (TPSA) is 37.3 Å². The number of benzene rings is 1. The van der Waals surface area contributed by atoms with Gasteiger partial charge >= 0.3 is 5.97 Å². The molecule has 1 aromatic carbocycles. The Bertz CT molecular complexity index is 321. The van der Waals surface area contributed by atoms with Gasteiger partial charge in [-0.2, -0.15) is 0 Å². The van der Waals surface area contributed by atoms with Crippen molar-refractivity contribution in [2.24, 2.45) is 0 Å². The zero-order chi connectivity index (χ0) is 9.84. The molecule has 0 heterocycles. The number of carbonyl (C=O) groups is 1. The van der Waals surface area contributed by atoms with E-state index in [9.17, 15) is 4.79 Å². The van der Waals surface area contributed by atoms with E-state index in [0.29, 0.717) is 5.56 Å². The number of hydrogen-bond donors (Lipinski definition) is 1. The quantitative estimate of drug-likeness (QED) is 0.829. The Morgan fingerprint density at radius 3 is 2.62 bits per heavy atom. The molecule has 0 bridgehead atoms. The molecule has 0 radical (unpaired) electrons. The van der Waals surface area contributed by atoms with Gasteiger partial charge in [0.2, 0.25) is 0 Å². The summed E-state index contributed by atoms with van der Waals surface area (Å²) >= 11 is 3.36. The van der Waals surface area contributed by atoms with Gasteiger partial charge in [-0.05, 0) is 29.7 Å². The number of aromatic carboxylic acids is 1. The van der Waals surface area contributed by atoms with Crippen molar-refractivity contribution in [1.82, 2.24) is 0 Å². The molecule has 0 aliphatic heterocycles. The maximum Gasteiger partial charge on any atom is 0.335 e. The van der Waals surface area contributed by atoms with Gasteiger partial charge in [0.25, 0.3) is 0 Å². The third-order valence-corrected chi connectivity index (χ3v) is 2.58. The second-order valence-electron chi connectivity index (χ2n) is 2.78. The van der Waals surface area contributed by atoms with Crippen LogP contribution < -0.4 is 0 Å². The highest BCUT2D eigenvalue weighted by Crippen LogP contribution is 2.15. The first kappa shape index (κ1) is 10.3. The Morgan fingerprint density at radius 1 is 1.46 bits per heavy atom. The van der Waals surface area contributed by atoms with E-state index in [-0.39, 0.29) is 0 Å². The number of carboxylic acids is 1. The number of hydrogen-bond acceptors (Lipinski definition) is 1. The van der Waals surface area contributed by atoms with Gasteiger partial charge < -0.3 is 5.11 Å². The molecule has 3 heteroatoms. The van der Waals surface area contributed by atoms with Crippen molar-refractivity contribution in [1.29, 1.82) is 0 Å². The van der Waals surface area contributed by atoms with Gasteiger partial charge in [-0.1, -0.05) is 28.9 Å². The molecule has 0 unspecified atom stereocenters. The molecule has 0 aromatic heterocycles. The predicted octanol–water partition coefficient (Wildman–Crippen LogP) is 2.84. The van der Waals surface area contributed by atoms with Crippen LogP contribution in [0.2, 0.25) is 0 Å². The van der Waals surface area contributed by atoms with Crippen molar-refractivity contribution in [3.8, 4) is 0 Å². The summed E-state index contributed by atoms with van der Waals surface area (Å²) in [4.78, 5) is 10.7. The number of alkyl halides is 1. The van der Waals surface area contributed by atoms with Crippen LogP contribution in [0.25, 0.3) is 0 Å². The van der Waals surface area contributed by atoms with Crippen LogP contribution in [0.4, 0.5) is 0 Å². The Balaban J connectivity index is 3.13. The Kier molecular flexibility index (Phi) is 3.48. The number of halogens is 1. The molecular formula is C10H11BrO2. The van der Waals surface area contributed by atoms with E-state index in [1.54, 1.807) is 12.1 Å². The van der Waals surface area contributed by atoms with Gasteiger partial charge in [0.1, 0.15) is 0 Å². The lowest BCUT2D eigenvalue weighted by atomic mass is 10.0. The molecule has 2 nitrogen and oxygen atoms in total. The molecule has 0 atom stereocenters. The SMILES string of the molecule is CCc1cc(C(=O)O)ccc1CBr. The van der Waals surface area contributed by atoms with Gasteiger partial charge in [-0.3, -0.25) is 0 Å². The highest BCUT2D eigenvalue weighted by molar-refractivity contribution is 9.08. The third-order valence-electron chi connectivity index (χ3n) is 1.98. The van der Waals surface area contributed by atoms with Crippen LogP contribution >= 0.6 is 15.9 Å². The first-order chi connectivity index (χ1) is 6.19. The fourth-order valence-corrected chi connectivity index (χ4v) is 1.77. The summed E-state index contributed by atoms with van der Waals surface area (Å²) in [5.41, 5.74) is 2.62. The van der Waals surface area contributed by atoms with E-state index >= 15 is 0 Å². The van der Waals surface area contributed by atoms with Crippen LogP contribution in [0.1, 0.15) is 28.4 Å². The van der Waals surface area contributed by atoms with E-state index < -0.39 is 5.97 Å². The summed E-state index contributed by atoms with van der Waals surface area (Å²) in [5.74, 6) is -0.865. The predicted molar refractivity (Wildman–Crippen MR) is 55.4 cm³/mol. The van der Waals surface area contributed by atoms with E-state index in [2.05, 4.69) is 15.9 Å². The van der Waals surface area contributed by atoms with Gasteiger partial charge in [0.15, 0.2) is 0 Å². The van der Waals surface area contributed by atoms with E-state index in [0.717, 1.165) is 22.9 Å². The lowest BCUT2D eigenvalue weighted by molar-refractivity contribution is 0.0697.